The lowest BCUT2D eigenvalue weighted by atomic mass is 9.95. The number of piperidine rings is 1. The van der Waals surface area contributed by atoms with Crippen molar-refractivity contribution in [2.75, 3.05) is 12.3 Å². The Morgan fingerprint density at radius 1 is 1.53 bits per heavy atom. The first-order valence-corrected chi connectivity index (χ1v) is 7.46. The van der Waals surface area contributed by atoms with Gasteiger partial charge in [-0.05, 0) is 35.7 Å². The molecule has 1 saturated heterocycles. The minimum Gasteiger partial charge on any atom is -0.382 e. The van der Waals surface area contributed by atoms with Gasteiger partial charge in [-0.15, -0.1) is 0 Å². The van der Waals surface area contributed by atoms with E-state index in [0.717, 1.165) is 30.7 Å². The van der Waals surface area contributed by atoms with E-state index >= 15 is 0 Å². The Labute approximate surface area is 124 Å². The summed E-state index contributed by atoms with van der Waals surface area (Å²) in [7, 11) is 0. The lowest BCUT2D eigenvalue weighted by Crippen LogP contribution is -2.36. The molecule has 102 valence electrons. The molecule has 0 aliphatic carbocycles. The number of rotatable bonds is 1. The highest BCUT2D eigenvalue weighted by atomic mass is 79.9. The molecule has 3 rings (SSSR count). The Morgan fingerprint density at radius 3 is 3.00 bits per heavy atom. The summed E-state index contributed by atoms with van der Waals surface area (Å²) in [4.78, 5) is 8.67. The third-order valence-corrected chi connectivity index (χ3v) is 4.47. The fourth-order valence-electron chi connectivity index (χ4n) is 2.58. The predicted molar refractivity (Wildman–Crippen MR) is 79.5 cm³/mol. The lowest BCUT2D eigenvalue weighted by Gasteiger charge is -2.26. The predicted octanol–water partition coefficient (Wildman–Crippen LogP) is 2.58. The van der Waals surface area contributed by atoms with Gasteiger partial charge in [0, 0.05) is 18.5 Å². The molecule has 19 heavy (non-hydrogen) atoms. The summed E-state index contributed by atoms with van der Waals surface area (Å²) in [6.07, 6.45) is 3.80. The summed E-state index contributed by atoms with van der Waals surface area (Å²) in [6, 6.07) is 0.563. The maximum Gasteiger partial charge on any atom is 0.150 e. The normalized spacial score (nSPS) is 23.9. The van der Waals surface area contributed by atoms with E-state index in [1.165, 1.54) is 0 Å². The largest absolute Gasteiger partial charge is 0.382 e. The van der Waals surface area contributed by atoms with E-state index in [-0.39, 0.29) is 0 Å². The molecule has 2 aromatic rings. The van der Waals surface area contributed by atoms with Crippen LogP contribution in [0.2, 0.25) is 5.15 Å². The maximum atomic E-state index is 6.26. The number of hydrogen-bond acceptors (Lipinski definition) is 4. The highest BCUT2D eigenvalue weighted by molar-refractivity contribution is 9.10. The number of halogens is 2. The van der Waals surface area contributed by atoms with Crippen molar-refractivity contribution in [1.82, 2.24) is 19.7 Å². The van der Waals surface area contributed by atoms with Gasteiger partial charge in [-0.2, -0.15) is 0 Å². The zero-order valence-electron chi connectivity index (χ0n) is 10.5. The van der Waals surface area contributed by atoms with E-state index in [9.17, 15) is 0 Å². The molecule has 0 radical (unpaired) electrons. The first kappa shape index (κ1) is 13.1. The minimum atomic E-state index is 0.342. The molecule has 0 aromatic carbocycles. The number of fused-ring (bicyclic) bond motifs is 1. The number of nitrogens with zero attached hydrogens (tertiary/aromatic N) is 3. The smallest absolute Gasteiger partial charge is 0.150 e. The first-order chi connectivity index (χ1) is 9.08. The number of hydrogen-bond donors (Lipinski definition) is 2. The van der Waals surface area contributed by atoms with E-state index in [0.29, 0.717) is 27.5 Å². The molecule has 0 amide bonds. The monoisotopic (exact) mass is 343 g/mol. The molecule has 3 N–H and O–H groups in total. The molecule has 5 nitrogen and oxygen atoms in total. The minimum absolute atomic E-state index is 0.342. The van der Waals surface area contributed by atoms with Crippen molar-refractivity contribution in [1.29, 1.82) is 0 Å². The standard InChI is InChI=1S/C12H15BrClN5/c1-6-2-3-7(4-16-6)12-18-10(13)9-11(15)17-5-8(14)19(9)12/h5-7,16H,2-4H2,1H3,(H2,15,17)/t6-,7+/m0/s1. The number of anilines is 1. The van der Waals surface area contributed by atoms with Crippen LogP contribution >= 0.6 is 27.5 Å². The van der Waals surface area contributed by atoms with Crippen LogP contribution in [0.1, 0.15) is 31.5 Å². The van der Waals surface area contributed by atoms with E-state index in [2.05, 4.69) is 38.1 Å². The molecule has 0 unspecified atom stereocenters. The summed E-state index contributed by atoms with van der Waals surface area (Å²) in [5.41, 5.74) is 6.67. The van der Waals surface area contributed by atoms with Crippen LogP contribution in [0.4, 0.5) is 5.82 Å². The van der Waals surface area contributed by atoms with Gasteiger partial charge in [0.1, 0.15) is 21.1 Å². The van der Waals surface area contributed by atoms with E-state index in [4.69, 9.17) is 17.3 Å². The summed E-state index contributed by atoms with van der Waals surface area (Å²) in [5, 5.41) is 4.02. The van der Waals surface area contributed by atoms with Gasteiger partial charge in [0.05, 0.1) is 6.20 Å². The van der Waals surface area contributed by atoms with Crippen molar-refractivity contribution in [3.05, 3.63) is 21.8 Å². The Bertz CT molecular complexity index is 618. The van der Waals surface area contributed by atoms with Gasteiger partial charge >= 0.3 is 0 Å². The van der Waals surface area contributed by atoms with Crippen molar-refractivity contribution in [3.63, 3.8) is 0 Å². The number of imidazole rings is 1. The summed E-state index contributed by atoms with van der Waals surface area (Å²) in [5.74, 6) is 1.72. The van der Waals surface area contributed by atoms with Gasteiger partial charge in [-0.25, -0.2) is 9.97 Å². The van der Waals surface area contributed by atoms with E-state index in [1.807, 2.05) is 4.40 Å². The van der Waals surface area contributed by atoms with Crippen LogP contribution in [0.5, 0.6) is 0 Å². The molecule has 3 heterocycles. The van der Waals surface area contributed by atoms with Gasteiger partial charge in [0.15, 0.2) is 5.82 Å². The Kier molecular flexibility index (Phi) is 3.41. The lowest BCUT2D eigenvalue weighted by molar-refractivity contribution is 0.375. The zero-order valence-corrected chi connectivity index (χ0v) is 12.9. The van der Waals surface area contributed by atoms with E-state index in [1.54, 1.807) is 6.20 Å². The molecule has 0 spiro atoms. The summed E-state index contributed by atoms with van der Waals surface area (Å²) < 4.78 is 2.60. The highest BCUT2D eigenvalue weighted by Gasteiger charge is 2.25. The molecule has 0 bridgehead atoms. The quantitative estimate of drug-likeness (QED) is 0.834. The van der Waals surface area contributed by atoms with Gasteiger partial charge in [-0.1, -0.05) is 11.6 Å². The van der Waals surface area contributed by atoms with Crippen molar-refractivity contribution < 1.29 is 0 Å². The fraction of sp³-hybridized carbons (Fsp3) is 0.500. The summed E-state index contributed by atoms with van der Waals surface area (Å²) >= 11 is 9.71. The molecule has 1 fully saturated rings. The highest BCUT2D eigenvalue weighted by Crippen LogP contribution is 2.32. The van der Waals surface area contributed by atoms with Crippen LogP contribution in [-0.2, 0) is 0 Å². The number of aromatic nitrogens is 3. The number of nitrogen functional groups attached to an aromatic ring is 1. The Balaban J connectivity index is 2.12. The van der Waals surface area contributed by atoms with Crippen molar-refractivity contribution in [2.45, 2.75) is 31.7 Å². The van der Waals surface area contributed by atoms with Gasteiger partial charge in [-0.3, -0.25) is 4.40 Å². The third kappa shape index (κ3) is 2.22. The van der Waals surface area contributed by atoms with Gasteiger partial charge in [0.25, 0.3) is 0 Å². The molecular weight excluding hydrogens is 330 g/mol. The topological polar surface area (TPSA) is 68.2 Å². The Morgan fingerprint density at radius 2 is 2.32 bits per heavy atom. The van der Waals surface area contributed by atoms with Crippen molar-refractivity contribution in [3.8, 4) is 0 Å². The molecular formula is C12H15BrClN5. The molecule has 2 aromatic heterocycles. The average Bonchev–Trinajstić information content (AvgIpc) is 2.74. The van der Waals surface area contributed by atoms with Crippen LogP contribution in [0, 0.1) is 0 Å². The summed E-state index contributed by atoms with van der Waals surface area (Å²) in [6.45, 7) is 3.11. The van der Waals surface area contributed by atoms with Crippen LogP contribution in [-0.4, -0.2) is 27.0 Å². The second kappa shape index (κ2) is 4.92. The zero-order chi connectivity index (χ0) is 13.6. The second-order valence-corrected chi connectivity index (χ2v) is 6.13. The van der Waals surface area contributed by atoms with Crippen LogP contribution < -0.4 is 11.1 Å². The second-order valence-electron chi connectivity index (χ2n) is 4.99. The van der Waals surface area contributed by atoms with Crippen LogP contribution in [0.25, 0.3) is 5.52 Å². The van der Waals surface area contributed by atoms with Gasteiger partial charge in [0.2, 0.25) is 0 Å². The molecule has 0 saturated carbocycles. The van der Waals surface area contributed by atoms with Crippen LogP contribution in [0.3, 0.4) is 0 Å². The first-order valence-electron chi connectivity index (χ1n) is 6.29. The number of nitrogens with two attached hydrogens (primary N) is 1. The van der Waals surface area contributed by atoms with Crippen molar-refractivity contribution >= 4 is 38.9 Å². The Hall–Kier alpha value is -0.850. The molecule has 1 aliphatic heterocycles. The number of nitrogens with one attached hydrogen (secondary N) is 1. The third-order valence-electron chi connectivity index (χ3n) is 3.65. The fourth-order valence-corrected chi connectivity index (χ4v) is 3.36. The van der Waals surface area contributed by atoms with Crippen LogP contribution in [0.15, 0.2) is 10.8 Å². The maximum absolute atomic E-state index is 6.26. The van der Waals surface area contributed by atoms with Gasteiger partial charge < -0.3 is 11.1 Å². The average molecular weight is 345 g/mol. The molecule has 1 aliphatic rings. The van der Waals surface area contributed by atoms with Crippen molar-refractivity contribution in [2.24, 2.45) is 0 Å². The molecule has 7 heteroatoms. The van der Waals surface area contributed by atoms with E-state index < -0.39 is 0 Å². The SMILES string of the molecule is C[C@H]1CC[C@@H](c2nc(Br)c3c(N)ncc(Cl)n23)CN1. The molecule has 2 atom stereocenters.